The van der Waals surface area contributed by atoms with E-state index in [0.29, 0.717) is 57.1 Å². The van der Waals surface area contributed by atoms with Crippen molar-refractivity contribution in [2.75, 3.05) is 89.5 Å². The molecule has 4 aromatic carbocycles. The number of sulfonamides is 1. The molecule has 0 spiro atoms. The second-order valence-corrected chi connectivity index (χ2v) is 33.4. The Balaban J connectivity index is 0.000000240. The Bertz CT molecular complexity index is 3500. The van der Waals surface area contributed by atoms with Crippen molar-refractivity contribution in [2.45, 2.75) is 180 Å². The Morgan fingerprint density at radius 3 is 1.03 bits per heavy atom. The first-order valence-electron chi connectivity index (χ1n) is 34.0. The minimum absolute atomic E-state index is 0.00644. The number of rotatable bonds is 17. The maximum absolute atomic E-state index is 12.6. The van der Waals surface area contributed by atoms with Crippen molar-refractivity contribution in [3.05, 3.63) is 165 Å². The van der Waals surface area contributed by atoms with Crippen molar-refractivity contribution in [1.29, 1.82) is 0 Å². The third-order valence-electron chi connectivity index (χ3n) is 21.5. The molecule has 4 aliphatic rings. The van der Waals surface area contributed by atoms with Gasteiger partial charge in [0.2, 0.25) is 36.2 Å². The molecule has 4 heterocycles. The molecule has 0 bridgehead atoms. The molecule has 0 unspecified atom stereocenters. The van der Waals surface area contributed by atoms with Gasteiger partial charge in [0, 0.05) is 59.1 Å². The molecule has 4 aliphatic heterocycles. The summed E-state index contributed by atoms with van der Waals surface area (Å²) in [5.41, 5.74) is 4.49. The number of ether oxygens (including phenoxy) is 3. The van der Waals surface area contributed by atoms with Gasteiger partial charge in [-0.05, 0) is 185 Å². The lowest BCUT2D eigenvalue weighted by molar-refractivity contribution is -0.275. The van der Waals surface area contributed by atoms with Gasteiger partial charge in [-0.2, -0.15) is 0 Å². The molecule has 4 saturated heterocycles. The molecule has 0 aromatic heterocycles. The molecule has 0 aliphatic carbocycles. The summed E-state index contributed by atoms with van der Waals surface area (Å²) < 4.78 is 148. The maximum Gasteiger partial charge on any atom is 0.573 e. The molecule has 1 N–H and O–H groups in total. The van der Waals surface area contributed by atoms with Gasteiger partial charge in [-0.3, -0.25) is 24.3 Å². The number of benzene rings is 4. The van der Waals surface area contributed by atoms with Gasteiger partial charge in [0.15, 0.2) is 0 Å². The molecule has 4 fully saturated rings. The van der Waals surface area contributed by atoms with Gasteiger partial charge in [-0.15, -0.1) is 39.5 Å². The molecule has 8 rings (SSSR count). The van der Waals surface area contributed by atoms with Gasteiger partial charge in [0.05, 0.1) is 6.26 Å². The van der Waals surface area contributed by atoms with Crippen LogP contribution in [0, 0.1) is 69.6 Å². The Hall–Kier alpha value is -6.80. The standard InChI is InChI=1S/3C19H25F3N2O.C19H29N3O2S/c1-17(2,3)18(14-23-4)9-11-24(12-10-18)13-15-5-7-16(8-6-15)25-19(20,21)22;1-17(2,3)18(14-23-4)8-10-24(11-9-18)13-15-6-5-7-16(12-15)25-19(20,21)22;1-17(2,3)18(14-23-4)9-11-24(12-10-18)13-15-7-5-6-8-16(15)25-19(20,21)22;1-18(2,3)19(15-20-4)10-12-22(13-11-19)14-16-6-8-17(9-7-16)21-25(5,23)24/h5-8H,9-14H2,1-3H3;5-7,12H,8-11,13-14H2,1-3H3;5-8H,9-14H2,1-3H3;6-9,21H,10-15H2,1-3,5H3. The first-order chi connectivity index (χ1) is 46.2. The van der Waals surface area contributed by atoms with E-state index >= 15 is 0 Å². The lowest BCUT2D eigenvalue weighted by Crippen LogP contribution is -2.48. The number of para-hydroxylation sites is 1. The normalized spacial score (nSPS) is 18.6. The number of nitrogens with zero attached hydrogens (tertiary/aromatic N) is 8. The van der Waals surface area contributed by atoms with E-state index in [4.69, 9.17) is 26.3 Å². The minimum Gasteiger partial charge on any atom is -0.406 e. The van der Waals surface area contributed by atoms with Crippen LogP contribution in [0.5, 0.6) is 17.2 Å². The molecule has 14 nitrogen and oxygen atoms in total. The minimum atomic E-state index is -4.69. The van der Waals surface area contributed by atoms with Crippen LogP contribution in [-0.2, 0) is 36.2 Å². The molecule has 0 amide bonds. The Morgan fingerprint density at radius 1 is 0.400 bits per heavy atom. The molecule has 0 saturated carbocycles. The van der Waals surface area contributed by atoms with Crippen molar-refractivity contribution in [1.82, 2.24) is 19.6 Å². The highest BCUT2D eigenvalue weighted by Crippen LogP contribution is 2.51. The van der Waals surface area contributed by atoms with Crippen LogP contribution >= 0.6 is 0 Å². The lowest BCUT2D eigenvalue weighted by Gasteiger charge is -2.46. The quantitative estimate of drug-likeness (QED) is 0.0817. The van der Waals surface area contributed by atoms with Crippen LogP contribution in [-0.4, -0.2) is 132 Å². The smallest absolute Gasteiger partial charge is 0.406 e. The molecule has 100 heavy (non-hydrogen) atoms. The predicted octanol–water partition coefficient (Wildman–Crippen LogP) is 19.0. The van der Waals surface area contributed by atoms with Crippen LogP contribution in [0.2, 0.25) is 0 Å². The Morgan fingerprint density at radius 2 is 0.710 bits per heavy atom. The molecular weight excluding hydrogens is 1320 g/mol. The van der Waals surface area contributed by atoms with E-state index in [-0.39, 0.29) is 60.6 Å². The zero-order valence-electron chi connectivity index (χ0n) is 60.6. The topological polar surface area (TPSA) is 104 Å². The van der Waals surface area contributed by atoms with Crippen molar-refractivity contribution in [3.8, 4) is 17.2 Å². The summed E-state index contributed by atoms with van der Waals surface area (Å²) in [5.74, 6) is -0.512. The predicted molar refractivity (Wildman–Crippen MR) is 376 cm³/mol. The number of alkyl halides is 9. The summed E-state index contributed by atoms with van der Waals surface area (Å²) in [5, 5.41) is 0. The highest BCUT2D eigenvalue weighted by atomic mass is 32.2. The van der Waals surface area contributed by atoms with E-state index in [1.807, 2.05) is 18.2 Å². The summed E-state index contributed by atoms with van der Waals surface area (Å²) >= 11 is 0. The highest BCUT2D eigenvalue weighted by molar-refractivity contribution is 7.92. The van der Waals surface area contributed by atoms with Crippen LogP contribution in [0.3, 0.4) is 0 Å². The SMILES string of the molecule is [C-]#[N+]CC1(C(C)(C)C)CCN(Cc2ccc(NS(C)(=O)=O)cc2)CC1.[C-]#[N+]CC1(C(C)(C)C)CCN(Cc2ccc(OC(F)(F)F)cc2)CC1.[C-]#[N+]CC1(C(C)(C)C)CCN(Cc2cccc(OC(F)(F)F)c2)CC1.[C-]#[N+]CC1(C(C)(C)C)CCN(Cc2ccccc2OC(F)(F)F)CC1. The van der Waals surface area contributed by atoms with Crippen LogP contribution in [0.15, 0.2) is 97.1 Å². The van der Waals surface area contributed by atoms with Gasteiger partial charge in [-0.25, -0.2) is 34.7 Å². The Labute approximate surface area is 589 Å². The first-order valence-corrected chi connectivity index (χ1v) is 35.9. The van der Waals surface area contributed by atoms with Gasteiger partial charge in [-0.1, -0.05) is 138 Å². The summed E-state index contributed by atoms with van der Waals surface area (Å²) in [4.78, 5) is 23.8. The average molecular weight is 1430 g/mol. The number of anilines is 1. The first kappa shape index (κ1) is 83.9. The van der Waals surface area contributed by atoms with E-state index in [1.54, 1.807) is 48.5 Å². The number of hydrogen-bond acceptors (Lipinski definition) is 9. The second-order valence-electron chi connectivity index (χ2n) is 31.6. The summed E-state index contributed by atoms with van der Waals surface area (Å²) in [6, 6.07) is 26.0. The van der Waals surface area contributed by atoms with E-state index in [1.165, 1.54) is 35.9 Å². The highest BCUT2D eigenvalue weighted by Gasteiger charge is 2.50. The number of piperidine rings is 4. The van der Waals surface area contributed by atoms with Gasteiger partial charge in [0.25, 0.3) is 0 Å². The third kappa shape index (κ3) is 25.6. The average Bonchev–Trinajstić information content (AvgIpc) is 0.802. The maximum atomic E-state index is 12.6. The fourth-order valence-electron chi connectivity index (χ4n) is 14.1. The summed E-state index contributed by atoms with van der Waals surface area (Å²) in [6.07, 6.45) is -5.23. The zero-order chi connectivity index (χ0) is 74.9. The van der Waals surface area contributed by atoms with Gasteiger partial charge in [0.1, 0.15) is 17.2 Å². The van der Waals surface area contributed by atoms with Crippen LogP contribution in [0.4, 0.5) is 45.2 Å². The van der Waals surface area contributed by atoms with Crippen LogP contribution in [0.1, 0.15) is 157 Å². The van der Waals surface area contributed by atoms with E-state index in [0.717, 1.165) is 128 Å². The Kier molecular flexibility index (Phi) is 28.9. The number of nitrogens with one attached hydrogen (secondary N) is 1. The van der Waals surface area contributed by atoms with Crippen molar-refractivity contribution < 1.29 is 62.1 Å². The summed E-state index contributed by atoms with van der Waals surface area (Å²) in [6.45, 7) is 67.3. The molecule has 24 heteroatoms. The van der Waals surface area contributed by atoms with E-state index < -0.39 is 29.1 Å². The van der Waals surface area contributed by atoms with Crippen molar-refractivity contribution in [2.24, 2.45) is 43.3 Å². The number of halogens is 9. The van der Waals surface area contributed by atoms with Gasteiger partial charge < -0.3 is 33.6 Å². The largest absolute Gasteiger partial charge is 0.573 e. The molecule has 0 atom stereocenters. The van der Waals surface area contributed by atoms with Crippen molar-refractivity contribution >= 4 is 15.7 Å². The molecule has 0 radical (unpaired) electrons. The molecule has 4 aromatic rings. The molecule has 552 valence electrons. The second kappa shape index (κ2) is 34.4. The van der Waals surface area contributed by atoms with E-state index in [2.05, 4.69) is 141 Å². The van der Waals surface area contributed by atoms with E-state index in [9.17, 15) is 47.9 Å². The third-order valence-corrected chi connectivity index (χ3v) is 22.1. The fraction of sp³-hybridized carbons (Fsp3) is 0.632. The van der Waals surface area contributed by atoms with Crippen molar-refractivity contribution in [3.63, 3.8) is 0 Å². The zero-order valence-corrected chi connectivity index (χ0v) is 61.5. The lowest BCUT2D eigenvalue weighted by atomic mass is 9.61. The fourth-order valence-corrected chi connectivity index (χ4v) is 14.7. The monoisotopic (exact) mass is 1430 g/mol. The number of hydrogen-bond donors (Lipinski definition) is 1. The number of likely N-dealkylation sites (tertiary alicyclic amines) is 4. The van der Waals surface area contributed by atoms with Crippen LogP contribution in [0.25, 0.3) is 19.4 Å². The summed E-state index contributed by atoms with van der Waals surface area (Å²) in [7, 11) is -3.23. The van der Waals surface area contributed by atoms with Crippen LogP contribution < -0.4 is 18.9 Å². The molecular formula is C76H104F9N9O5S. The van der Waals surface area contributed by atoms with Gasteiger partial charge >= 0.3 is 19.1 Å².